The van der Waals surface area contributed by atoms with E-state index in [0.717, 1.165) is 68.7 Å². The summed E-state index contributed by atoms with van der Waals surface area (Å²) in [6.07, 6.45) is 12.0. The van der Waals surface area contributed by atoms with E-state index < -0.39 is 0 Å². The van der Waals surface area contributed by atoms with Crippen molar-refractivity contribution in [1.29, 1.82) is 0 Å². The molecule has 5 rings (SSSR count). The highest BCUT2D eigenvalue weighted by molar-refractivity contribution is 5.87. The highest BCUT2D eigenvalue weighted by atomic mass is 16.2. The second-order valence-electron chi connectivity index (χ2n) is 8.35. The molecule has 0 aromatic carbocycles. The lowest BCUT2D eigenvalue weighted by Crippen LogP contribution is -2.52. The minimum absolute atomic E-state index is 0.243. The van der Waals surface area contributed by atoms with Gasteiger partial charge in [-0.05, 0) is 54.9 Å². The van der Waals surface area contributed by atoms with Crippen LogP contribution in [0.5, 0.6) is 0 Å². The molecule has 1 N–H and O–H groups in total. The van der Waals surface area contributed by atoms with Crippen molar-refractivity contribution in [1.82, 2.24) is 24.8 Å². The van der Waals surface area contributed by atoms with Crippen LogP contribution in [0.25, 0.3) is 11.0 Å². The van der Waals surface area contributed by atoms with E-state index in [1.165, 1.54) is 5.56 Å². The van der Waals surface area contributed by atoms with Gasteiger partial charge in [-0.2, -0.15) is 0 Å². The molecule has 7 heteroatoms. The Hall–Kier alpha value is -2.96. The summed E-state index contributed by atoms with van der Waals surface area (Å²) in [6.45, 7) is 3.63. The molecule has 1 spiro atoms. The van der Waals surface area contributed by atoms with Gasteiger partial charge in [0, 0.05) is 51.2 Å². The predicted molar refractivity (Wildman–Crippen MR) is 112 cm³/mol. The fraction of sp³-hybridized carbons (Fsp3) is 0.455. The average molecular weight is 390 g/mol. The van der Waals surface area contributed by atoms with Crippen LogP contribution >= 0.6 is 0 Å². The predicted octanol–water partition coefficient (Wildman–Crippen LogP) is 2.80. The van der Waals surface area contributed by atoms with Crippen LogP contribution in [0.4, 0.5) is 5.82 Å². The van der Waals surface area contributed by atoms with Crippen molar-refractivity contribution in [3.63, 3.8) is 0 Å². The molecule has 5 heterocycles. The van der Waals surface area contributed by atoms with Gasteiger partial charge < -0.3 is 14.8 Å². The summed E-state index contributed by atoms with van der Waals surface area (Å²) in [5, 5.41) is 1.08. The monoisotopic (exact) mass is 390 g/mol. The number of aromatic nitrogens is 4. The number of pyridine rings is 1. The van der Waals surface area contributed by atoms with E-state index in [1.54, 1.807) is 6.33 Å². The number of carbonyl (C=O) groups is 1. The number of rotatable bonds is 4. The van der Waals surface area contributed by atoms with Crippen molar-refractivity contribution >= 4 is 22.8 Å². The number of carbonyl (C=O) groups excluding carboxylic acids is 1. The summed E-state index contributed by atoms with van der Waals surface area (Å²) in [5.74, 6) is 1.32. The number of amides is 1. The van der Waals surface area contributed by atoms with Crippen molar-refractivity contribution in [2.75, 3.05) is 31.1 Å². The third-order valence-corrected chi connectivity index (χ3v) is 6.62. The maximum Gasteiger partial charge on any atom is 0.222 e. The van der Waals surface area contributed by atoms with Crippen molar-refractivity contribution < 1.29 is 4.79 Å². The van der Waals surface area contributed by atoms with Crippen LogP contribution in [0.2, 0.25) is 0 Å². The Morgan fingerprint density at radius 2 is 1.90 bits per heavy atom. The van der Waals surface area contributed by atoms with Gasteiger partial charge in [0.05, 0.1) is 5.39 Å². The third kappa shape index (κ3) is 3.57. The first-order valence-corrected chi connectivity index (χ1v) is 10.4. The van der Waals surface area contributed by atoms with E-state index in [1.807, 2.05) is 30.7 Å². The van der Waals surface area contributed by atoms with E-state index >= 15 is 0 Å². The largest absolute Gasteiger partial charge is 0.356 e. The average Bonchev–Trinajstić information content (AvgIpc) is 3.25. The van der Waals surface area contributed by atoms with Crippen molar-refractivity contribution in [2.45, 2.75) is 32.1 Å². The second kappa shape index (κ2) is 7.46. The second-order valence-corrected chi connectivity index (χ2v) is 8.35. The number of fused-ring (bicyclic) bond motifs is 1. The maximum atomic E-state index is 12.5. The Morgan fingerprint density at radius 3 is 2.72 bits per heavy atom. The normalized spacial score (nSPS) is 19.2. The van der Waals surface area contributed by atoms with Crippen LogP contribution in [0, 0.1) is 5.41 Å². The third-order valence-electron chi connectivity index (χ3n) is 6.62. The minimum atomic E-state index is 0.243. The van der Waals surface area contributed by atoms with Crippen LogP contribution in [0.1, 0.15) is 31.2 Å². The molecule has 0 saturated carbocycles. The number of likely N-dealkylation sites (tertiary alicyclic amines) is 1. The van der Waals surface area contributed by atoms with Gasteiger partial charge in [0.25, 0.3) is 0 Å². The highest BCUT2D eigenvalue weighted by Gasteiger charge is 2.41. The molecule has 0 aliphatic carbocycles. The highest BCUT2D eigenvalue weighted by Crippen LogP contribution is 2.41. The van der Waals surface area contributed by atoms with Crippen LogP contribution in [-0.4, -0.2) is 56.9 Å². The number of hydrogen-bond acceptors (Lipinski definition) is 5. The quantitative estimate of drug-likeness (QED) is 0.741. The topological polar surface area (TPSA) is 78.0 Å². The summed E-state index contributed by atoms with van der Waals surface area (Å²) >= 11 is 0. The molecule has 0 radical (unpaired) electrons. The van der Waals surface area contributed by atoms with Gasteiger partial charge >= 0.3 is 0 Å². The zero-order valence-electron chi connectivity index (χ0n) is 16.5. The Bertz CT molecular complexity index is 993. The van der Waals surface area contributed by atoms with Crippen molar-refractivity contribution in [3.8, 4) is 0 Å². The van der Waals surface area contributed by atoms with Gasteiger partial charge in [0.15, 0.2) is 0 Å². The molecule has 0 unspecified atom stereocenters. The number of H-pyrrole nitrogens is 1. The Labute approximate surface area is 170 Å². The number of aromatic amines is 1. The lowest BCUT2D eigenvalue weighted by molar-refractivity contribution is -0.138. The van der Waals surface area contributed by atoms with Gasteiger partial charge in [0.2, 0.25) is 5.91 Å². The van der Waals surface area contributed by atoms with E-state index in [-0.39, 0.29) is 5.41 Å². The summed E-state index contributed by atoms with van der Waals surface area (Å²) in [5.41, 5.74) is 2.37. The van der Waals surface area contributed by atoms with Crippen molar-refractivity contribution in [3.05, 3.63) is 48.7 Å². The van der Waals surface area contributed by atoms with E-state index in [9.17, 15) is 4.79 Å². The maximum absolute atomic E-state index is 12.5. The Balaban J connectivity index is 1.25. The van der Waals surface area contributed by atoms with E-state index in [4.69, 9.17) is 0 Å². The molecule has 3 aromatic heterocycles. The Kier molecular flexibility index (Phi) is 4.66. The summed E-state index contributed by atoms with van der Waals surface area (Å²) in [4.78, 5) is 33.1. The zero-order chi connectivity index (χ0) is 19.7. The smallest absolute Gasteiger partial charge is 0.222 e. The fourth-order valence-electron chi connectivity index (χ4n) is 4.83. The molecule has 0 atom stereocenters. The van der Waals surface area contributed by atoms with Gasteiger partial charge in [-0.25, -0.2) is 9.97 Å². The molecule has 29 heavy (non-hydrogen) atoms. The van der Waals surface area contributed by atoms with Gasteiger partial charge in [-0.15, -0.1) is 0 Å². The molecule has 2 fully saturated rings. The molecule has 2 aliphatic heterocycles. The minimum Gasteiger partial charge on any atom is -0.356 e. The van der Waals surface area contributed by atoms with Gasteiger partial charge in [0.1, 0.15) is 17.8 Å². The fourth-order valence-corrected chi connectivity index (χ4v) is 4.83. The first-order valence-electron chi connectivity index (χ1n) is 10.4. The zero-order valence-corrected chi connectivity index (χ0v) is 16.5. The summed E-state index contributed by atoms with van der Waals surface area (Å²) < 4.78 is 0. The van der Waals surface area contributed by atoms with E-state index in [0.29, 0.717) is 12.3 Å². The summed E-state index contributed by atoms with van der Waals surface area (Å²) in [7, 11) is 0. The lowest BCUT2D eigenvalue weighted by Gasteiger charge is -2.47. The summed E-state index contributed by atoms with van der Waals surface area (Å²) in [6, 6.07) is 6.12. The first kappa shape index (κ1) is 18.1. The van der Waals surface area contributed by atoms with Crippen LogP contribution in [0.3, 0.4) is 0 Å². The molecule has 2 aliphatic rings. The van der Waals surface area contributed by atoms with Crippen LogP contribution < -0.4 is 4.90 Å². The number of piperidine rings is 2. The molecular formula is C22H26N6O. The Morgan fingerprint density at radius 1 is 1.07 bits per heavy atom. The van der Waals surface area contributed by atoms with Crippen molar-refractivity contribution in [2.24, 2.45) is 5.41 Å². The molecule has 3 aromatic rings. The molecule has 1 amide bonds. The SMILES string of the molecule is O=C1CCC2(CCN(c3ncnc4[nH]ccc34)CC2)CN1CCc1ccncc1. The van der Waals surface area contributed by atoms with Gasteiger partial charge in [-0.1, -0.05) is 0 Å². The van der Waals surface area contributed by atoms with E-state index in [2.05, 4.69) is 35.8 Å². The van der Waals surface area contributed by atoms with Crippen LogP contribution in [0.15, 0.2) is 43.1 Å². The number of anilines is 1. The molecule has 7 nitrogen and oxygen atoms in total. The standard InChI is InChI=1S/C22H26N6O/c29-19-1-6-22(15-28(19)12-5-17-2-9-23-10-3-17)7-13-27(14-8-22)21-18-4-11-24-20(18)25-16-26-21/h2-4,9-11,16H,1,5-8,12-15H2,(H,24,25,26). The number of hydrogen-bond donors (Lipinski definition) is 1. The molecule has 0 bridgehead atoms. The van der Waals surface area contributed by atoms with Crippen LogP contribution in [-0.2, 0) is 11.2 Å². The molecular weight excluding hydrogens is 364 g/mol. The first-order chi connectivity index (χ1) is 14.2. The number of nitrogens with zero attached hydrogens (tertiary/aromatic N) is 5. The van der Waals surface area contributed by atoms with Gasteiger partial charge in [-0.3, -0.25) is 9.78 Å². The number of nitrogens with one attached hydrogen (secondary N) is 1. The lowest BCUT2D eigenvalue weighted by atomic mass is 9.72. The molecule has 2 saturated heterocycles. The molecule has 150 valence electrons.